The fourth-order valence-electron chi connectivity index (χ4n) is 3.18. The van der Waals surface area contributed by atoms with E-state index in [2.05, 4.69) is 19.6 Å². The van der Waals surface area contributed by atoms with E-state index in [1.165, 1.54) is 10.2 Å². The minimum atomic E-state index is -3.73. The highest BCUT2D eigenvalue weighted by Crippen LogP contribution is 2.41. The van der Waals surface area contributed by atoms with Crippen molar-refractivity contribution in [3.63, 3.8) is 0 Å². The zero-order valence-electron chi connectivity index (χ0n) is 13.8. The molecule has 2 aromatic rings. The summed E-state index contributed by atoms with van der Waals surface area (Å²) in [5.41, 5.74) is 2.46. The fourth-order valence-corrected chi connectivity index (χ4v) is 6.52. The standard InChI is InChI=1S/C17H21NO3SSi/c1-12-5-7-13(8-6-12)22(20,21)18-10-9-14-16(23(2,3)4)11-15(19)17(14)18/h5-10,16H,11H2,1-4H3. The lowest BCUT2D eigenvalue weighted by Gasteiger charge is -2.23. The van der Waals surface area contributed by atoms with Crippen molar-refractivity contribution >= 4 is 23.9 Å². The maximum atomic E-state index is 12.9. The average molecular weight is 348 g/mol. The molecule has 3 rings (SSSR count). The predicted molar refractivity (Wildman–Crippen MR) is 93.2 cm³/mol. The number of aromatic nitrogens is 1. The highest BCUT2D eigenvalue weighted by molar-refractivity contribution is 7.90. The van der Waals surface area contributed by atoms with Crippen molar-refractivity contribution in [3.05, 3.63) is 53.3 Å². The van der Waals surface area contributed by atoms with Crippen LogP contribution >= 0.6 is 0 Å². The van der Waals surface area contributed by atoms with Crippen molar-refractivity contribution in [1.82, 2.24) is 3.97 Å². The first-order valence-electron chi connectivity index (χ1n) is 7.69. The number of carbonyl (C=O) groups is 1. The van der Waals surface area contributed by atoms with Gasteiger partial charge in [-0.15, -0.1) is 0 Å². The van der Waals surface area contributed by atoms with Gasteiger partial charge in [0.05, 0.1) is 13.0 Å². The number of nitrogens with zero attached hydrogens (tertiary/aromatic N) is 1. The molecule has 0 aliphatic heterocycles. The SMILES string of the molecule is Cc1ccc(S(=O)(=O)n2ccc3c2C(=O)CC3[Si](C)(C)C)cc1. The van der Waals surface area contributed by atoms with E-state index >= 15 is 0 Å². The lowest BCUT2D eigenvalue weighted by atomic mass is 10.2. The van der Waals surface area contributed by atoms with Gasteiger partial charge in [-0.3, -0.25) is 4.79 Å². The number of hydrogen-bond acceptors (Lipinski definition) is 3. The number of carbonyl (C=O) groups excluding carboxylic acids is 1. The van der Waals surface area contributed by atoms with Crippen molar-refractivity contribution in [2.75, 3.05) is 0 Å². The number of aryl methyl sites for hydroxylation is 1. The minimum Gasteiger partial charge on any atom is -0.292 e. The van der Waals surface area contributed by atoms with Crippen LogP contribution < -0.4 is 0 Å². The Morgan fingerprint density at radius 2 is 1.70 bits per heavy atom. The number of benzene rings is 1. The van der Waals surface area contributed by atoms with E-state index in [1.807, 2.05) is 13.0 Å². The quantitative estimate of drug-likeness (QED) is 0.798. The molecule has 23 heavy (non-hydrogen) atoms. The Labute approximate surface area is 138 Å². The summed E-state index contributed by atoms with van der Waals surface area (Å²) in [6, 6.07) is 8.53. The van der Waals surface area contributed by atoms with Gasteiger partial charge in [0.1, 0.15) is 5.69 Å². The molecule has 0 spiro atoms. The van der Waals surface area contributed by atoms with Gasteiger partial charge in [-0.1, -0.05) is 37.3 Å². The fraction of sp³-hybridized carbons (Fsp3) is 0.353. The van der Waals surface area contributed by atoms with E-state index < -0.39 is 18.1 Å². The molecule has 0 bridgehead atoms. The van der Waals surface area contributed by atoms with Gasteiger partial charge in [-0.05, 0) is 36.2 Å². The van der Waals surface area contributed by atoms with Gasteiger partial charge in [-0.25, -0.2) is 12.4 Å². The Bertz CT molecular complexity index is 874. The van der Waals surface area contributed by atoms with Gasteiger partial charge < -0.3 is 0 Å². The van der Waals surface area contributed by atoms with Crippen molar-refractivity contribution in [1.29, 1.82) is 0 Å². The largest absolute Gasteiger partial charge is 0.292 e. The van der Waals surface area contributed by atoms with E-state index in [-0.39, 0.29) is 16.2 Å². The molecular weight excluding hydrogens is 326 g/mol. The number of Topliss-reactive ketones (excluding diaryl/α,β-unsaturated/α-hetero) is 1. The second-order valence-electron chi connectivity index (χ2n) is 7.28. The first-order chi connectivity index (χ1) is 10.6. The van der Waals surface area contributed by atoms with Crippen molar-refractivity contribution < 1.29 is 13.2 Å². The van der Waals surface area contributed by atoms with Crippen LogP contribution in [-0.2, 0) is 10.0 Å². The topological polar surface area (TPSA) is 56.1 Å². The number of hydrogen-bond donors (Lipinski definition) is 0. The van der Waals surface area contributed by atoms with Crippen LogP contribution in [0.15, 0.2) is 41.4 Å². The second kappa shape index (κ2) is 5.17. The molecule has 1 atom stereocenters. The Morgan fingerprint density at radius 1 is 1.09 bits per heavy atom. The molecule has 0 saturated heterocycles. The number of ketones is 1. The van der Waals surface area contributed by atoms with Gasteiger partial charge in [0.25, 0.3) is 10.0 Å². The predicted octanol–water partition coefficient (Wildman–Crippen LogP) is 3.58. The highest BCUT2D eigenvalue weighted by Gasteiger charge is 2.41. The van der Waals surface area contributed by atoms with Crippen molar-refractivity contribution in [3.8, 4) is 0 Å². The molecule has 0 amide bonds. The third-order valence-corrected chi connectivity index (χ3v) is 8.83. The third kappa shape index (κ3) is 2.59. The van der Waals surface area contributed by atoms with Crippen LogP contribution in [-0.4, -0.2) is 26.2 Å². The summed E-state index contributed by atoms with van der Waals surface area (Å²) >= 11 is 0. The summed E-state index contributed by atoms with van der Waals surface area (Å²) in [5, 5.41) is 0. The molecule has 0 N–H and O–H groups in total. The molecule has 122 valence electrons. The van der Waals surface area contributed by atoms with Crippen LogP contribution in [0.25, 0.3) is 0 Å². The maximum absolute atomic E-state index is 12.9. The molecule has 1 aliphatic rings. The Morgan fingerprint density at radius 3 is 2.26 bits per heavy atom. The van der Waals surface area contributed by atoms with Gasteiger partial charge in [0.2, 0.25) is 0 Å². The van der Waals surface area contributed by atoms with Crippen LogP contribution in [0.5, 0.6) is 0 Å². The van der Waals surface area contributed by atoms with E-state index in [0.717, 1.165) is 11.1 Å². The van der Waals surface area contributed by atoms with Crippen LogP contribution in [0, 0.1) is 6.92 Å². The van der Waals surface area contributed by atoms with E-state index in [0.29, 0.717) is 12.1 Å². The number of rotatable bonds is 3. The molecule has 1 aromatic heterocycles. The molecule has 0 radical (unpaired) electrons. The summed E-state index contributed by atoms with van der Waals surface area (Å²) < 4.78 is 27.0. The Hall–Kier alpha value is -1.66. The monoisotopic (exact) mass is 347 g/mol. The minimum absolute atomic E-state index is 0.0619. The van der Waals surface area contributed by atoms with Crippen LogP contribution in [0.1, 0.15) is 33.6 Å². The van der Waals surface area contributed by atoms with Gasteiger partial charge in [0.15, 0.2) is 5.78 Å². The molecule has 6 heteroatoms. The van der Waals surface area contributed by atoms with Gasteiger partial charge >= 0.3 is 0 Å². The summed E-state index contributed by atoms with van der Waals surface area (Å²) in [6.07, 6.45) is 1.97. The average Bonchev–Trinajstić information content (AvgIpc) is 3.00. The second-order valence-corrected chi connectivity index (χ2v) is 14.5. The van der Waals surface area contributed by atoms with Gasteiger partial charge in [0, 0.05) is 12.6 Å². The first-order valence-corrected chi connectivity index (χ1v) is 12.7. The zero-order chi connectivity index (χ0) is 17.0. The van der Waals surface area contributed by atoms with Crippen LogP contribution in [0.4, 0.5) is 0 Å². The maximum Gasteiger partial charge on any atom is 0.268 e. The van der Waals surface area contributed by atoms with E-state index in [4.69, 9.17) is 0 Å². The molecule has 1 aliphatic carbocycles. The summed E-state index contributed by atoms with van der Waals surface area (Å²) in [6.45, 7) is 8.55. The summed E-state index contributed by atoms with van der Waals surface area (Å²) in [4.78, 5) is 12.7. The van der Waals surface area contributed by atoms with Gasteiger partial charge in [-0.2, -0.15) is 0 Å². The Balaban J connectivity index is 2.14. The molecular formula is C17H21NO3SSi. The number of fused-ring (bicyclic) bond motifs is 1. The molecule has 1 aromatic carbocycles. The first kappa shape index (κ1) is 16.2. The van der Waals surface area contributed by atoms with E-state index in [9.17, 15) is 13.2 Å². The lowest BCUT2D eigenvalue weighted by molar-refractivity contribution is 0.0987. The summed E-state index contributed by atoms with van der Waals surface area (Å²) in [5.74, 6) is -0.0619. The van der Waals surface area contributed by atoms with Crippen LogP contribution in [0.2, 0.25) is 19.6 Å². The third-order valence-electron chi connectivity index (χ3n) is 4.54. The van der Waals surface area contributed by atoms with Crippen molar-refractivity contribution in [2.45, 2.75) is 43.4 Å². The normalized spacial score (nSPS) is 18.3. The smallest absolute Gasteiger partial charge is 0.268 e. The molecule has 1 unspecified atom stereocenters. The molecule has 0 saturated carbocycles. The van der Waals surface area contributed by atoms with E-state index in [1.54, 1.807) is 24.3 Å². The lowest BCUT2D eigenvalue weighted by Crippen LogP contribution is -2.29. The molecule has 4 nitrogen and oxygen atoms in total. The molecule has 1 heterocycles. The molecule has 0 fully saturated rings. The van der Waals surface area contributed by atoms with Crippen LogP contribution in [0.3, 0.4) is 0 Å². The van der Waals surface area contributed by atoms with Crippen molar-refractivity contribution in [2.24, 2.45) is 0 Å². The summed E-state index contributed by atoms with van der Waals surface area (Å²) in [7, 11) is -5.31. The highest BCUT2D eigenvalue weighted by atomic mass is 32.2. The Kier molecular flexibility index (Phi) is 3.65. The zero-order valence-corrected chi connectivity index (χ0v) is 15.6.